The van der Waals surface area contributed by atoms with Crippen LogP contribution in [0.25, 0.3) is 10.9 Å². The van der Waals surface area contributed by atoms with Gasteiger partial charge in [-0.1, -0.05) is 18.2 Å². The highest BCUT2D eigenvalue weighted by Crippen LogP contribution is 2.25. The van der Waals surface area contributed by atoms with Gasteiger partial charge in [-0.15, -0.1) is 0 Å². The predicted molar refractivity (Wildman–Crippen MR) is 99.6 cm³/mol. The number of fused-ring (bicyclic) bond motifs is 1. The highest BCUT2D eigenvalue weighted by molar-refractivity contribution is 7.71. The van der Waals surface area contributed by atoms with Gasteiger partial charge in [0.2, 0.25) is 5.88 Å². The maximum atomic E-state index is 10.6. The first-order valence-electron chi connectivity index (χ1n) is 8.58. The van der Waals surface area contributed by atoms with E-state index in [1.807, 2.05) is 18.3 Å². The molecule has 1 fully saturated rings. The average molecular weight is 358 g/mol. The summed E-state index contributed by atoms with van der Waals surface area (Å²) < 4.78 is 7.73. The standard InChI is InChI=1S/C18H22N4O2S/c23-17-16(11-13-12-19-15-4-2-1-3-14(13)15)20-18(25)22(17)6-5-21-7-9-24-10-8-21/h1-4,12,19,23H,5-11H2,(H,20,25). The van der Waals surface area contributed by atoms with Crippen LogP contribution < -0.4 is 0 Å². The predicted octanol–water partition coefficient (Wildman–Crippen LogP) is 2.66. The highest BCUT2D eigenvalue weighted by atomic mass is 32.1. The Morgan fingerprint density at radius 1 is 1.16 bits per heavy atom. The number of nitrogens with one attached hydrogen (secondary N) is 2. The molecule has 0 saturated carbocycles. The van der Waals surface area contributed by atoms with Gasteiger partial charge < -0.3 is 19.8 Å². The van der Waals surface area contributed by atoms with E-state index >= 15 is 0 Å². The monoisotopic (exact) mass is 358 g/mol. The normalized spacial score (nSPS) is 15.8. The van der Waals surface area contributed by atoms with Gasteiger partial charge in [0.15, 0.2) is 4.77 Å². The Hall–Kier alpha value is -2.09. The lowest BCUT2D eigenvalue weighted by Crippen LogP contribution is -2.38. The maximum absolute atomic E-state index is 10.6. The lowest BCUT2D eigenvalue weighted by Gasteiger charge is -2.26. The number of morpholine rings is 1. The van der Waals surface area contributed by atoms with Crippen LogP contribution in [0.15, 0.2) is 30.5 Å². The van der Waals surface area contributed by atoms with E-state index in [0.717, 1.165) is 49.6 Å². The number of hydrogen-bond acceptors (Lipinski definition) is 4. The van der Waals surface area contributed by atoms with Crippen LogP contribution in [-0.4, -0.2) is 57.4 Å². The number of H-pyrrole nitrogens is 2. The lowest BCUT2D eigenvalue weighted by atomic mass is 10.1. The summed E-state index contributed by atoms with van der Waals surface area (Å²) >= 11 is 5.42. The SMILES string of the molecule is Oc1c(Cc2c[nH]c3ccccc23)[nH]c(=S)n1CCN1CCOCC1. The molecule has 4 rings (SSSR count). The first-order valence-corrected chi connectivity index (χ1v) is 8.99. The molecule has 2 aromatic heterocycles. The molecule has 1 aliphatic rings. The number of para-hydroxylation sites is 1. The van der Waals surface area contributed by atoms with Crippen LogP contribution in [0.2, 0.25) is 0 Å². The number of imidazole rings is 1. The molecule has 0 aliphatic carbocycles. The number of hydrogen-bond donors (Lipinski definition) is 3. The molecule has 0 spiro atoms. The minimum absolute atomic E-state index is 0.239. The number of aromatic nitrogens is 3. The minimum Gasteiger partial charge on any atom is -0.493 e. The fourth-order valence-corrected chi connectivity index (χ4v) is 3.68. The van der Waals surface area contributed by atoms with Gasteiger partial charge in [-0.2, -0.15) is 0 Å². The Bertz CT molecular complexity index is 921. The summed E-state index contributed by atoms with van der Waals surface area (Å²) in [6.45, 7) is 4.94. The Kier molecular flexibility index (Phi) is 4.61. The fourth-order valence-electron chi connectivity index (χ4n) is 3.38. The van der Waals surface area contributed by atoms with Crippen molar-refractivity contribution in [1.29, 1.82) is 0 Å². The largest absolute Gasteiger partial charge is 0.493 e. The van der Waals surface area contributed by atoms with E-state index in [1.54, 1.807) is 4.57 Å². The quantitative estimate of drug-likeness (QED) is 0.614. The number of rotatable bonds is 5. The number of benzene rings is 1. The van der Waals surface area contributed by atoms with E-state index in [4.69, 9.17) is 17.0 Å². The second-order valence-electron chi connectivity index (χ2n) is 6.37. The summed E-state index contributed by atoms with van der Waals surface area (Å²) in [7, 11) is 0. The Labute approximate surface area is 151 Å². The van der Waals surface area contributed by atoms with E-state index in [-0.39, 0.29) is 5.88 Å². The van der Waals surface area contributed by atoms with Gasteiger partial charge in [-0.3, -0.25) is 9.47 Å². The molecule has 0 unspecified atom stereocenters. The molecule has 1 saturated heterocycles. The van der Waals surface area contributed by atoms with E-state index in [0.29, 0.717) is 17.7 Å². The molecule has 1 aromatic carbocycles. The van der Waals surface area contributed by atoms with Crippen molar-refractivity contribution in [1.82, 2.24) is 19.4 Å². The third-order valence-corrected chi connectivity index (χ3v) is 5.14. The summed E-state index contributed by atoms with van der Waals surface area (Å²) in [5, 5.41) is 11.8. The van der Waals surface area contributed by atoms with Gasteiger partial charge in [0.25, 0.3) is 0 Å². The van der Waals surface area contributed by atoms with Crippen LogP contribution in [-0.2, 0) is 17.7 Å². The summed E-state index contributed by atoms with van der Waals surface area (Å²) in [5.74, 6) is 0.239. The molecule has 7 heteroatoms. The third kappa shape index (κ3) is 3.35. The van der Waals surface area contributed by atoms with E-state index < -0.39 is 0 Å². The zero-order valence-corrected chi connectivity index (χ0v) is 14.8. The molecule has 0 bridgehead atoms. The second-order valence-corrected chi connectivity index (χ2v) is 6.76. The Morgan fingerprint density at radius 3 is 2.80 bits per heavy atom. The molecule has 1 aliphatic heterocycles. The van der Waals surface area contributed by atoms with Gasteiger partial charge in [0.05, 0.1) is 18.9 Å². The van der Waals surface area contributed by atoms with Crippen molar-refractivity contribution < 1.29 is 9.84 Å². The Morgan fingerprint density at radius 2 is 1.96 bits per heavy atom. The smallest absolute Gasteiger partial charge is 0.213 e. The number of aromatic amines is 2. The van der Waals surface area contributed by atoms with Crippen molar-refractivity contribution in [3.63, 3.8) is 0 Å². The molecule has 3 N–H and O–H groups in total. The zero-order valence-electron chi connectivity index (χ0n) is 14.0. The molecule has 0 atom stereocenters. The number of nitrogens with zero attached hydrogens (tertiary/aromatic N) is 2. The summed E-state index contributed by atoms with van der Waals surface area (Å²) in [6, 6.07) is 8.17. The summed E-state index contributed by atoms with van der Waals surface area (Å²) in [5.41, 5.74) is 3.00. The first kappa shape index (κ1) is 16.4. The molecule has 25 heavy (non-hydrogen) atoms. The van der Waals surface area contributed by atoms with Crippen molar-refractivity contribution in [3.05, 3.63) is 46.5 Å². The van der Waals surface area contributed by atoms with Crippen molar-refractivity contribution in [2.45, 2.75) is 13.0 Å². The lowest BCUT2D eigenvalue weighted by molar-refractivity contribution is 0.0361. The molecule has 0 radical (unpaired) electrons. The van der Waals surface area contributed by atoms with Crippen LogP contribution in [0.4, 0.5) is 0 Å². The second kappa shape index (κ2) is 7.03. The third-order valence-electron chi connectivity index (χ3n) is 4.81. The Balaban J connectivity index is 1.52. The molecule has 6 nitrogen and oxygen atoms in total. The van der Waals surface area contributed by atoms with Crippen LogP contribution in [0.1, 0.15) is 11.3 Å². The molecule has 3 heterocycles. The highest BCUT2D eigenvalue weighted by Gasteiger charge is 2.15. The molecule has 3 aromatic rings. The molecular weight excluding hydrogens is 336 g/mol. The van der Waals surface area contributed by atoms with Crippen molar-refractivity contribution in [3.8, 4) is 5.88 Å². The van der Waals surface area contributed by atoms with E-state index in [9.17, 15) is 5.11 Å². The first-order chi connectivity index (χ1) is 12.2. The minimum atomic E-state index is 0.239. The van der Waals surface area contributed by atoms with Gasteiger partial charge in [0.1, 0.15) is 0 Å². The van der Waals surface area contributed by atoms with Gasteiger partial charge in [-0.25, -0.2) is 0 Å². The molecule has 0 amide bonds. The summed E-state index contributed by atoms with van der Waals surface area (Å²) in [6.07, 6.45) is 2.61. The van der Waals surface area contributed by atoms with Crippen LogP contribution in [0.3, 0.4) is 0 Å². The fraction of sp³-hybridized carbons (Fsp3) is 0.389. The van der Waals surface area contributed by atoms with Gasteiger partial charge in [0, 0.05) is 49.7 Å². The maximum Gasteiger partial charge on any atom is 0.213 e. The topological polar surface area (TPSA) is 69.2 Å². The van der Waals surface area contributed by atoms with Gasteiger partial charge in [-0.05, 0) is 23.8 Å². The van der Waals surface area contributed by atoms with Crippen molar-refractivity contribution in [2.24, 2.45) is 0 Å². The van der Waals surface area contributed by atoms with Crippen molar-refractivity contribution in [2.75, 3.05) is 32.8 Å². The van der Waals surface area contributed by atoms with Crippen LogP contribution in [0, 0.1) is 4.77 Å². The summed E-state index contributed by atoms with van der Waals surface area (Å²) in [4.78, 5) is 8.78. The van der Waals surface area contributed by atoms with Gasteiger partial charge >= 0.3 is 0 Å². The van der Waals surface area contributed by atoms with E-state index in [2.05, 4.69) is 27.0 Å². The van der Waals surface area contributed by atoms with Crippen LogP contribution in [0.5, 0.6) is 5.88 Å². The van der Waals surface area contributed by atoms with Crippen LogP contribution >= 0.6 is 12.2 Å². The molecular formula is C18H22N4O2S. The number of ether oxygens (including phenoxy) is 1. The number of aromatic hydroxyl groups is 1. The average Bonchev–Trinajstić information content (AvgIpc) is 3.16. The molecule has 132 valence electrons. The van der Waals surface area contributed by atoms with Crippen molar-refractivity contribution >= 4 is 23.1 Å². The zero-order chi connectivity index (χ0) is 17.2. The van der Waals surface area contributed by atoms with E-state index in [1.165, 1.54) is 5.39 Å².